The number of hydrogen-bond acceptors (Lipinski definition) is 8. The minimum Gasteiger partial charge on any atom is -0.445 e. The molecule has 0 unspecified atom stereocenters. The van der Waals surface area contributed by atoms with Crippen LogP contribution < -0.4 is 21.3 Å². The van der Waals surface area contributed by atoms with Gasteiger partial charge in [0.2, 0.25) is 23.6 Å². The molecule has 1 aliphatic rings. The number of amides is 5. The summed E-state index contributed by atoms with van der Waals surface area (Å²) in [5.41, 5.74) is 0.807. The highest BCUT2D eigenvalue weighted by molar-refractivity contribution is 6.01. The van der Waals surface area contributed by atoms with E-state index in [9.17, 15) is 24.0 Å². The molecule has 1 aromatic carbocycles. The van der Waals surface area contributed by atoms with Crippen LogP contribution in [0.15, 0.2) is 30.3 Å². The summed E-state index contributed by atoms with van der Waals surface area (Å²) in [5.74, 6) is -2.70. The number of nitrogens with zero attached hydrogens (tertiary/aromatic N) is 1. The molecule has 0 aliphatic carbocycles. The molecule has 0 saturated carbocycles. The molecule has 1 fully saturated rings. The number of nitrogens with one attached hydrogen (secondary N) is 4. The van der Waals surface area contributed by atoms with Crippen molar-refractivity contribution in [1.29, 1.82) is 0 Å². The largest absolute Gasteiger partial charge is 0.445 e. The third-order valence-corrected chi connectivity index (χ3v) is 7.30. The van der Waals surface area contributed by atoms with Crippen LogP contribution in [0.4, 0.5) is 4.79 Å². The number of hydrogen-bond donors (Lipinski definition) is 4. The Balaban J connectivity index is 2.05. The monoisotopic (exact) mass is 603 g/mol. The predicted molar refractivity (Wildman–Crippen MR) is 162 cm³/mol. The lowest BCUT2D eigenvalue weighted by Crippen LogP contribution is -2.60. The number of ether oxygens (including phenoxy) is 2. The van der Waals surface area contributed by atoms with Crippen molar-refractivity contribution < 1.29 is 33.4 Å². The topological polar surface area (TPSA) is 155 Å². The van der Waals surface area contributed by atoms with Gasteiger partial charge in [0.15, 0.2) is 0 Å². The van der Waals surface area contributed by atoms with Crippen LogP contribution in [-0.2, 0) is 35.3 Å². The summed E-state index contributed by atoms with van der Waals surface area (Å²) in [6.45, 7) is 13.4. The Kier molecular flexibility index (Phi) is 15.1. The number of carbonyl (C=O) groups is 5. The van der Waals surface area contributed by atoms with Gasteiger partial charge in [-0.2, -0.15) is 0 Å². The van der Waals surface area contributed by atoms with Crippen molar-refractivity contribution in [2.75, 3.05) is 32.8 Å². The van der Waals surface area contributed by atoms with Crippen molar-refractivity contribution in [2.45, 2.75) is 79.1 Å². The van der Waals surface area contributed by atoms with E-state index in [-0.39, 0.29) is 30.9 Å². The first-order valence-electron chi connectivity index (χ1n) is 15.1. The first-order chi connectivity index (χ1) is 20.4. The molecule has 12 nitrogen and oxygen atoms in total. The highest BCUT2D eigenvalue weighted by Crippen LogP contribution is 2.12. The van der Waals surface area contributed by atoms with Crippen molar-refractivity contribution in [3.8, 4) is 0 Å². The maximum atomic E-state index is 13.5. The Bertz CT molecular complexity index is 1060. The molecule has 0 spiro atoms. The molecule has 0 aromatic heterocycles. The van der Waals surface area contributed by atoms with Gasteiger partial charge in [-0.05, 0) is 29.7 Å². The lowest BCUT2D eigenvalue weighted by Gasteiger charge is -2.29. The predicted octanol–water partition coefficient (Wildman–Crippen LogP) is 1.97. The molecular weight excluding hydrogens is 554 g/mol. The van der Waals surface area contributed by atoms with E-state index in [2.05, 4.69) is 21.3 Å². The van der Waals surface area contributed by atoms with E-state index in [0.29, 0.717) is 39.1 Å². The number of alkyl carbamates (subject to hydrolysis) is 1. The van der Waals surface area contributed by atoms with Gasteiger partial charge in [-0.15, -0.1) is 0 Å². The van der Waals surface area contributed by atoms with E-state index in [1.165, 1.54) is 0 Å². The molecule has 43 heavy (non-hydrogen) atoms. The van der Waals surface area contributed by atoms with Gasteiger partial charge < -0.3 is 25.4 Å². The lowest BCUT2D eigenvalue weighted by molar-refractivity contribution is -0.137. The molecule has 1 heterocycles. The number of imide groups is 1. The van der Waals surface area contributed by atoms with Crippen LogP contribution >= 0.6 is 0 Å². The minimum atomic E-state index is -0.993. The van der Waals surface area contributed by atoms with E-state index in [1.807, 2.05) is 62.9 Å². The Hall–Kier alpha value is -3.51. The molecule has 12 heteroatoms. The second-order valence-corrected chi connectivity index (χ2v) is 11.8. The van der Waals surface area contributed by atoms with Gasteiger partial charge in [0.1, 0.15) is 24.7 Å². The highest BCUT2D eigenvalue weighted by Gasteiger charge is 2.34. The van der Waals surface area contributed by atoms with Gasteiger partial charge in [0.25, 0.3) is 0 Å². The fourth-order valence-corrected chi connectivity index (χ4v) is 4.56. The van der Waals surface area contributed by atoms with Crippen LogP contribution in [0.2, 0.25) is 0 Å². The third-order valence-electron chi connectivity index (χ3n) is 7.30. The summed E-state index contributed by atoms with van der Waals surface area (Å²) in [6.07, 6.45) is 0.146. The van der Waals surface area contributed by atoms with Crippen molar-refractivity contribution >= 4 is 29.7 Å². The average molecular weight is 604 g/mol. The number of rotatable bonds is 15. The van der Waals surface area contributed by atoms with Crippen LogP contribution in [0.5, 0.6) is 0 Å². The fourth-order valence-electron chi connectivity index (χ4n) is 4.56. The molecule has 1 aliphatic heterocycles. The Morgan fingerprint density at radius 2 is 1.49 bits per heavy atom. The Morgan fingerprint density at radius 3 is 2.07 bits per heavy atom. The average Bonchev–Trinajstić information content (AvgIpc) is 2.97. The molecule has 4 atom stereocenters. The third kappa shape index (κ3) is 12.7. The lowest BCUT2D eigenvalue weighted by atomic mass is 9.96. The van der Waals surface area contributed by atoms with Crippen LogP contribution in [-0.4, -0.2) is 85.6 Å². The zero-order chi connectivity index (χ0) is 31.9. The number of carbonyl (C=O) groups excluding carboxylic acids is 5. The Morgan fingerprint density at radius 1 is 0.860 bits per heavy atom. The number of morpholine rings is 1. The van der Waals surface area contributed by atoms with Gasteiger partial charge in [0, 0.05) is 13.1 Å². The molecule has 0 radical (unpaired) electrons. The zero-order valence-corrected chi connectivity index (χ0v) is 26.3. The van der Waals surface area contributed by atoms with Crippen LogP contribution in [0, 0.1) is 17.8 Å². The summed E-state index contributed by atoms with van der Waals surface area (Å²) in [7, 11) is 0. The van der Waals surface area contributed by atoms with Crippen LogP contribution in [0.1, 0.15) is 59.9 Å². The van der Waals surface area contributed by atoms with E-state index in [0.717, 1.165) is 5.56 Å². The van der Waals surface area contributed by atoms with Gasteiger partial charge in [0.05, 0.1) is 19.8 Å². The highest BCUT2D eigenvalue weighted by atomic mass is 16.5. The van der Waals surface area contributed by atoms with Crippen molar-refractivity contribution in [3.63, 3.8) is 0 Å². The van der Waals surface area contributed by atoms with Gasteiger partial charge >= 0.3 is 6.09 Å². The summed E-state index contributed by atoms with van der Waals surface area (Å²) < 4.78 is 10.6. The van der Waals surface area contributed by atoms with Crippen molar-refractivity contribution in [2.24, 2.45) is 17.8 Å². The summed E-state index contributed by atoms with van der Waals surface area (Å²) in [6, 6.07) is 6.26. The van der Waals surface area contributed by atoms with E-state index in [1.54, 1.807) is 13.8 Å². The van der Waals surface area contributed by atoms with E-state index in [4.69, 9.17) is 9.47 Å². The van der Waals surface area contributed by atoms with Gasteiger partial charge in [-0.1, -0.05) is 78.3 Å². The second kappa shape index (κ2) is 18.2. The maximum absolute atomic E-state index is 13.5. The first-order valence-corrected chi connectivity index (χ1v) is 15.1. The molecule has 0 bridgehead atoms. The smallest absolute Gasteiger partial charge is 0.408 e. The van der Waals surface area contributed by atoms with Crippen LogP contribution in [0.25, 0.3) is 0 Å². The van der Waals surface area contributed by atoms with Crippen molar-refractivity contribution in [1.82, 2.24) is 26.2 Å². The summed E-state index contributed by atoms with van der Waals surface area (Å²) >= 11 is 0. The normalized spacial score (nSPS) is 16.5. The molecular formula is C31H49N5O7. The van der Waals surface area contributed by atoms with Gasteiger partial charge in [-0.3, -0.25) is 29.4 Å². The van der Waals surface area contributed by atoms with Crippen molar-refractivity contribution in [3.05, 3.63) is 35.9 Å². The van der Waals surface area contributed by atoms with Crippen LogP contribution in [0.3, 0.4) is 0 Å². The van der Waals surface area contributed by atoms with Gasteiger partial charge in [-0.25, -0.2) is 4.79 Å². The quantitative estimate of drug-likeness (QED) is 0.237. The fraction of sp³-hybridized carbons (Fsp3) is 0.645. The minimum absolute atomic E-state index is 0.0493. The second-order valence-electron chi connectivity index (χ2n) is 11.8. The first kappa shape index (κ1) is 35.7. The summed E-state index contributed by atoms with van der Waals surface area (Å²) in [5, 5.41) is 10.6. The SMILES string of the molecule is CC[C@H](C)[C@H](NC(=O)[C@@H](NC(=O)[C@H](CC(C)C)NC(=O)OCc1ccccc1)C(C)C)C(=O)NC(=O)CN1CCOCC1. The molecule has 2 rings (SSSR count). The standard InChI is InChI=1S/C31H49N5O7/c1-7-22(6)27(30(40)33-25(37)18-36-13-15-42-16-14-36)35-29(39)26(21(4)5)34-28(38)24(17-20(2)3)32-31(41)43-19-23-11-9-8-10-12-23/h8-12,20-22,24,26-27H,7,13-19H2,1-6H3,(H,32,41)(H,34,38)(H,35,39)(H,33,37,40)/t22-,24-,26-,27-/m0/s1. The molecule has 1 saturated heterocycles. The zero-order valence-electron chi connectivity index (χ0n) is 26.3. The van der Waals surface area contributed by atoms with E-state index < -0.39 is 47.8 Å². The molecule has 240 valence electrons. The molecule has 5 amide bonds. The summed E-state index contributed by atoms with van der Waals surface area (Å²) in [4.78, 5) is 66.9. The molecule has 1 aromatic rings. The van der Waals surface area contributed by atoms with E-state index >= 15 is 0 Å². The molecule has 4 N–H and O–H groups in total. The maximum Gasteiger partial charge on any atom is 0.408 e. The number of benzene rings is 1. The Labute approximate surface area is 255 Å².